The number of aromatic nitrogens is 1. The van der Waals surface area contributed by atoms with Gasteiger partial charge in [0.05, 0.1) is 12.3 Å². The minimum absolute atomic E-state index is 0.0217. The molecular weight excluding hydrogens is 224 g/mol. The molecule has 0 saturated heterocycles. The Kier molecular flexibility index (Phi) is 3.95. The third-order valence-corrected chi connectivity index (χ3v) is 2.85. The molecule has 1 aromatic heterocycles. The first-order valence-electron chi connectivity index (χ1n) is 6.02. The standard InChI is InChI=1S/C15H18N2O/c1-12-5-3-6-13(9-12)10-17(2)15-8-4-7-14(11-18)16-15/h3-9,18H,10-11H2,1-2H3. The molecule has 0 fully saturated rings. The minimum Gasteiger partial charge on any atom is -0.390 e. The van der Waals surface area contributed by atoms with E-state index in [4.69, 9.17) is 5.11 Å². The zero-order valence-corrected chi connectivity index (χ0v) is 10.8. The Labute approximate surface area is 108 Å². The van der Waals surface area contributed by atoms with E-state index in [-0.39, 0.29) is 6.61 Å². The van der Waals surface area contributed by atoms with Gasteiger partial charge in [0.25, 0.3) is 0 Å². The summed E-state index contributed by atoms with van der Waals surface area (Å²) < 4.78 is 0. The van der Waals surface area contributed by atoms with Gasteiger partial charge in [-0.15, -0.1) is 0 Å². The fourth-order valence-corrected chi connectivity index (χ4v) is 1.93. The molecule has 94 valence electrons. The third-order valence-electron chi connectivity index (χ3n) is 2.85. The Morgan fingerprint density at radius 2 is 1.94 bits per heavy atom. The lowest BCUT2D eigenvalue weighted by Gasteiger charge is -2.19. The van der Waals surface area contributed by atoms with Gasteiger partial charge in [-0.2, -0.15) is 0 Å². The lowest BCUT2D eigenvalue weighted by atomic mass is 10.1. The quantitative estimate of drug-likeness (QED) is 0.895. The first-order valence-corrected chi connectivity index (χ1v) is 6.02. The third kappa shape index (κ3) is 3.08. The molecule has 2 aromatic rings. The molecule has 3 nitrogen and oxygen atoms in total. The molecule has 0 unspecified atom stereocenters. The van der Waals surface area contributed by atoms with Crippen LogP contribution in [-0.4, -0.2) is 17.1 Å². The number of pyridine rings is 1. The smallest absolute Gasteiger partial charge is 0.128 e. The molecule has 0 radical (unpaired) electrons. The second-order valence-electron chi connectivity index (χ2n) is 4.49. The van der Waals surface area contributed by atoms with Gasteiger partial charge in [0.1, 0.15) is 5.82 Å². The summed E-state index contributed by atoms with van der Waals surface area (Å²) in [6, 6.07) is 14.1. The SMILES string of the molecule is Cc1cccc(CN(C)c2cccc(CO)n2)c1. The molecule has 3 heteroatoms. The predicted octanol–water partition coefficient (Wildman–Crippen LogP) is 2.52. The average molecular weight is 242 g/mol. The topological polar surface area (TPSA) is 36.4 Å². The normalized spacial score (nSPS) is 10.4. The maximum Gasteiger partial charge on any atom is 0.128 e. The molecule has 0 amide bonds. The lowest BCUT2D eigenvalue weighted by molar-refractivity contribution is 0.277. The van der Waals surface area contributed by atoms with Crippen molar-refractivity contribution in [3.05, 3.63) is 59.3 Å². The zero-order chi connectivity index (χ0) is 13.0. The maximum absolute atomic E-state index is 9.09. The Morgan fingerprint density at radius 3 is 2.67 bits per heavy atom. The summed E-state index contributed by atoms with van der Waals surface area (Å²) in [6.45, 7) is 2.88. The fraction of sp³-hybridized carbons (Fsp3) is 0.267. The molecule has 0 atom stereocenters. The Balaban J connectivity index is 2.13. The molecule has 18 heavy (non-hydrogen) atoms. The monoisotopic (exact) mass is 242 g/mol. The summed E-state index contributed by atoms with van der Waals surface area (Å²) in [6.07, 6.45) is 0. The highest BCUT2D eigenvalue weighted by Gasteiger charge is 2.04. The number of hydrogen-bond donors (Lipinski definition) is 1. The molecule has 2 rings (SSSR count). The summed E-state index contributed by atoms with van der Waals surface area (Å²) in [5, 5.41) is 9.09. The van der Waals surface area contributed by atoms with Gasteiger partial charge in [-0.3, -0.25) is 0 Å². The van der Waals surface area contributed by atoms with Crippen molar-refractivity contribution in [1.82, 2.24) is 4.98 Å². The number of aryl methyl sites for hydroxylation is 1. The van der Waals surface area contributed by atoms with E-state index < -0.39 is 0 Å². The number of rotatable bonds is 4. The first kappa shape index (κ1) is 12.6. The summed E-state index contributed by atoms with van der Waals surface area (Å²) in [5.41, 5.74) is 3.22. The van der Waals surface area contributed by atoms with Gasteiger partial charge in [0.15, 0.2) is 0 Å². The van der Waals surface area contributed by atoms with E-state index in [1.165, 1.54) is 11.1 Å². The summed E-state index contributed by atoms with van der Waals surface area (Å²) in [4.78, 5) is 6.46. The van der Waals surface area contributed by atoms with Crippen LogP contribution in [0, 0.1) is 6.92 Å². The van der Waals surface area contributed by atoms with Gasteiger partial charge in [-0.05, 0) is 24.6 Å². The van der Waals surface area contributed by atoms with Crippen LogP contribution in [0.25, 0.3) is 0 Å². The predicted molar refractivity (Wildman–Crippen MR) is 73.4 cm³/mol. The molecule has 0 bridgehead atoms. The number of benzene rings is 1. The molecule has 0 aliphatic heterocycles. The van der Waals surface area contributed by atoms with Crippen LogP contribution in [0.15, 0.2) is 42.5 Å². The Morgan fingerprint density at radius 1 is 1.17 bits per heavy atom. The maximum atomic E-state index is 9.09. The van der Waals surface area contributed by atoms with Gasteiger partial charge >= 0.3 is 0 Å². The van der Waals surface area contributed by atoms with Crippen LogP contribution in [0.3, 0.4) is 0 Å². The van der Waals surface area contributed by atoms with E-state index in [0.29, 0.717) is 5.69 Å². The second-order valence-corrected chi connectivity index (χ2v) is 4.49. The van der Waals surface area contributed by atoms with Gasteiger partial charge in [0, 0.05) is 13.6 Å². The van der Waals surface area contributed by atoms with Crippen molar-refractivity contribution in [2.24, 2.45) is 0 Å². The van der Waals surface area contributed by atoms with E-state index in [1.807, 2.05) is 25.2 Å². The average Bonchev–Trinajstić information content (AvgIpc) is 2.39. The van der Waals surface area contributed by atoms with E-state index in [9.17, 15) is 0 Å². The fourth-order valence-electron chi connectivity index (χ4n) is 1.93. The van der Waals surface area contributed by atoms with E-state index in [1.54, 1.807) is 0 Å². The highest BCUT2D eigenvalue weighted by atomic mass is 16.3. The van der Waals surface area contributed by atoms with Crippen LogP contribution in [0.2, 0.25) is 0 Å². The number of hydrogen-bond acceptors (Lipinski definition) is 3. The summed E-state index contributed by atoms with van der Waals surface area (Å²) in [7, 11) is 2.01. The lowest BCUT2D eigenvalue weighted by Crippen LogP contribution is -2.18. The molecule has 0 aliphatic carbocycles. The van der Waals surface area contributed by atoms with Gasteiger partial charge in [0.2, 0.25) is 0 Å². The zero-order valence-electron chi connectivity index (χ0n) is 10.8. The molecule has 1 N–H and O–H groups in total. The van der Waals surface area contributed by atoms with Crippen molar-refractivity contribution in [1.29, 1.82) is 0 Å². The number of anilines is 1. The van der Waals surface area contributed by atoms with Gasteiger partial charge in [-0.1, -0.05) is 35.9 Å². The number of nitrogens with zero attached hydrogens (tertiary/aromatic N) is 2. The molecule has 1 heterocycles. The Hall–Kier alpha value is -1.87. The molecule has 0 aliphatic rings. The van der Waals surface area contributed by atoms with Crippen LogP contribution in [0.1, 0.15) is 16.8 Å². The highest BCUT2D eigenvalue weighted by molar-refractivity contribution is 5.39. The minimum atomic E-state index is -0.0217. The molecule has 0 saturated carbocycles. The van der Waals surface area contributed by atoms with E-state index >= 15 is 0 Å². The number of aliphatic hydroxyl groups is 1. The number of aliphatic hydroxyl groups excluding tert-OH is 1. The summed E-state index contributed by atoms with van der Waals surface area (Å²) >= 11 is 0. The van der Waals surface area contributed by atoms with Gasteiger partial charge < -0.3 is 10.0 Å². The van der Waals surface area contributed by atoms with Crippen LogP contribution >= 0.6 is 0 Å². The molecule has 1 aromatic carbocycles. The highest BCUT2D eigenvalue weighted by Crippen LogP contribution is 2.14. The second kappa shape index (κ2) is 5.65. The van der Waals surface area contributed by atoms with E-state index in [0.717, 1.165) is 12.4 Å². The van der Waals surface area contributed by atoms with Crippen molar-refractivity contribution in [2.45, 2.75) is 20.1 Å². The van der Waals surface area contributed by atoms with E-state index in [2.05, 4.69) is 41.1 Å². The molecular formula is C15H18N2O. The van der Waals surface area contributed by atoms with Crippen molar-refractivity contribution in [3.8, 4) is 0 Å². The van der Waals surface area contributed by atoms with Crippen LogP contribution < -0.4 is 4.90 Å². The first-order chi connectivity index (χ1) is 8.69. The Bertz CT molecular complexity index is 525. The van der Waals surface area contributed by atoms with Crippen LogP contribution in [0.4, 0.5) is 5.82 Å². The van der Waals surface area contributed by atoms with Gasteiger partial charge in [-0.25, -0.2) is 4.98 Å². The van der Waals surface area contributed by atoms with Crippen molar-refractivity contribution in [3.63, 3.8) is 0 Å². The van der Waals surface area contributed by atoms with Crippen molar-refractivity contribution >= 4 is 5.82 Å². The van der Waals surface area contributed by atoms with Crippen molar-refractivity contribution in [2.75, 3.05) is 11.9 Å². The van der Waals surface area contributed by atoms with Crippen molar-refractivity contribution < 1.29 is 5.11 Å². The molecule has 0 spiro atoms. The van der Waals surface area contributed by atoms with Crippen LogP contribution in [-0.2, 0) is 13.2 Å². The summed E-state index contributed by atoms with van der Waals surface area (Å²) in [5.74, 6) is 0.878. The van der Waals surface area contributed by atoms with Crippen LogP contribution in [0.5, 0.6) is 0 Å². The largest absolute Gasteiger partial charge is 0.390 e.